The summed E-state index contributed by atoms with van der Waals surface area (Å²) in [6.45, 7) is 4.10. The van der Waals surface area contributed by atoms with Crippen LogP contribution in [0.25, 0.3) is 0 Å². The first kappa shape index (κ1) is 11.5. The highest BCUT2D eigenvalue weighted by Gasteiger charge is 2.40. The molecule has 0 amide bonds. The van der Waals surface area contributed by atoms with Gasteiger partial charge in [-0.15, -0.1) is 0 Å². The van der Waals surface area contributed by atoms with E-state index in [-0.39, 0.29) is 22.8 Å². The fourth-order valence-corrected chi connectivity index (χ4v) is 3.03. The van der Waals surface area contributed by atoms with Crippen LogP contribution in [-0.4, -0.2) is 21.8 Å². The number of carbonyl (C=O) groups excluding carboxylic acids is 1. The summed E-state index contributed by atoms with van der Waals surface area (Å²) in [7, 11) is 0. The number of rotatable bonds is 2. The van der Waals surface area contributed by atoms with Gasteiger partial charge in [-0.2, -0.15) is 0 Å². The number of ketones is 1. The summed E-state index contributed by atoms with van der Waals surface area (Å²) in [4.78, 5) is 26.6. The van der Waals surface area contributed by atoms with Crippen LogP contribution in [0.5, 0.6) is 0 Å². The number of carboxylic acid groups (broad SMARTS) is 1. The molecule has 2 aliphatic rings. The summed E-state index contributed by atoms with van der Waals surface area (Å²) in [5.74, 6) is -0.565. The molecule has 1 fully saturated rings. The highest BCUT2D eigenvalue weighted by atomic mass is 16.4. The van der Waals surface area contributed by atoms with E-state index >= 15 is 0 Å². The van der Waals surface area contributed by atoms with Crippen molar-refractivity contribution >= 4 is 11.8 Å². The third kappa shape index (κ3) is 1.67. The summed E-state index contributed by atoms with van der Waals surface area (Å²) in [5, 5.41) is 9.27. The summed E-state index contributed by atoms with van der Waals surface area (Å²) in [6, 6.07) is 0. The standard InChI is InChI=1S/C14H17NO3/c1-14(2)5-8-11(9(16)6-14)10(7-3-4-7)12(15-8)13(17)18/h7,15H,3-6H2,1-2H3,(H,17,18). The van der Waals surface area contributed by atoms with E-state index in [0.29, 0.717) is 12.0 Å². The molecular weight excluding hydrogens is 230 g/mol. The summed E-state index contributed by atoms with van der Waals surface area (Å²) in [5.41, 5.74) is 2.46. The second-order valence-corrected chi connectivity index (χ2v) is 6.29. The lowest BCUT2D eigenvalue weighted by atomic mass is 9.75. The van der Waals surface area contributed by atoms with Gasteiger partial charge < -0.3 is 10.1 Å². The maximum Gasteiger partial charge on any atom is 0.352 e. The van der Waals surface area contributed by atoms with Crippen molar-refractivity contribution in [3.8, 4) is 0 Å². The largest absolute Gasteiger partial charge is 0.477 e. The lowest BCUT2D eigenvalue weighted by Crippen LogP contribution is -2.27. The lowest BCUT2D eigenvalue weighted by molar-refractivity contribution is 0.0689. The summed E-state index contributed by atoms with van der Waals surface area (Å²) < 4.78 is 0. The number of carbonyl (C=O) groups is 2. The topological polar surface area (TPSA) is 70.2 Å². The van der Waals surface area contributed by atoms with E-state index in [2.05, 4.69) is 4.98 Å². The van der Waals surface area contributed by atoms with Crippen molar-refractivity contribution in [3.05, 3.63) is 22.5 Å². The molecule has 0 saturated heterocycles. The zero-order valence-electron chi connectivity index (χ0n) is 10.7. The Morgan fingerprint density at radius 3 is 2.56 bits per heavy atom. The van der Waals surface area contributed by atoms with Crippen LogP contribution in [0.4, 0.5) is 0 Å². The van der Waals surface area contributed by atoms with Crippen molar-refractivity contribution in [1.82, 2.24) is 4.98 Å². The van der Waals surface area contributed by atoms with E-state index in [1.807, 2.05) is 13.8 Å². The van der Waals surface area contributed by atoms with E-state index in [0.717, 1.165) is 30.5 Å². The van der Waals surface area contributed by atoms with Crippen LogP contribution < -0.4 is 0 Å². The average Bonchev–Trinajstić information content (AvgIpc) is 2.97. The van der Waals surface area contributed by atoms with Crippen molar-refractivity contribution in [3.63, 3.8) is 0 Å². The third-order valence-electron chi connectivity index (χ3n) is 3.89. The fraction of sp³-hybridized carbons (Fsp3) is 0.571. The molecule has 1 aromatic rings. The van der Waals surface area contributed by atoms with E-state index in [1.165, 1.54) is 0 Å². The molecule has 0 unspecified atom stereocenters. The van der Waals surface area contributed by atoms with Gasteiger partial charge >= 0.3 is 5.97 Å². The molecule has 96 valence electrons. The number of fused-ring (bicyclic) bond motifs is 1. The predicted molar refractivity (Wildman–Crippen MR) is 66.2 cm³/mol. The second-order valence-electron chi connectivity index (χ2n) is 6.29. The minimum absolute atomic E-state index is 0.0778. The molecule has 2 aliphatic carbocycles. The molecule has 1 heterocycles. The SMILES string of the molecule is CC1(C)CC(=O)c2c([nH]c(C(=O)O)c2C2CC2)C1. The Labute approximate surface area is 105 Å². The second kappa shape index (κ2) is 3.46. The zero-order valence-corrected chi connectivity index (χ0v) is 10.7. The van der Waals surface area contributed by atoms with E-state index in [4.69, 9.17) is 0 Å². The minimum atomic E-state index is -0.947. The molecule has 18 heavy (non-hydrogen) atoms. The van der Waals surface area contributed by atoms with Crippen molar-refractivity contribution in [1.29, 1.82) is 0 Å². The van der Waals surface area contributed by atoms with Crippen LogP contribution in [0, 0.1) is 5.41 Å². The minimum Gasteiger partial charge on any atom is -0.477 e. The molecule has 0 bridgehead atoms. The first-order chi connectivity index (χ1) is 8.39. The van der Waals surface area contributed by atoms with Crippen LogP contribution >= 0.6 is 0 Å². The third-order valence-corrected chi connectivity index (χ3v) is 3.89. The number of carboxylic acids is 1. The Hall–Kier alpha value is -1.58. The predicted octanol–water partition coefficient (Wildman–Crippen LogP) is 2.75. The number of hydrogen-bond acceptors (Lipinski definition) is 2. The maximum absolute atomic E-state index is 12.3. The van der Waals surface area contributed by atoms with Crippen LogP contribution in [-0.2, 0) is 6.42 Å². The number of aromatic carboxylic acids is 1. The molecule has 1 aromatic heterocycles. The number of aromatic nitrogens is 1. The van der Waals surface area contributed by atoms with Gasteiger partial charge in [-0.3, -0.25) is 4.79 Å². The van der Waals surface area contributed by atoms with Crippen molar-refractivity contribution in [2.24, 2.45) is 5.41 Å². The first-order valence-corrected chi connectivity index (χ1v) is 6.40. The van der Waals surface area contributed by atoms with Gasteiger partial charge in [-0.25, -0.2) is 4.79 Å². The molecule has 3 rings (SSSR count). The van der Waals surface area contributed by atoms with Gasteiger partial charge in [0.1, 0.15) is 5.69 Å². The summed E-state index contributed by atoms with van der Waals surface area (Å²) >= 11 is 0. The van der Waals surface area contributed by atoms with Crippen molar-refractivity contribution in [2.45, 2.75) is 45.4 Å². The number of nitrogens with one attached hydrogen (secondary N) is 1. The van der Waals surface area contributed by atoms with Crippen LogP contribution in [0.3, 0.4) is 0 Å². The van der Waals surface area contributed by atoms with Gasteiger partial charge in [0.15, 0.2) is 5.78 Å². The van der Waals surface area contributed by atoms with Crippen molar-refractivity contribution < 1.29 is 14.7 Å². The molecule has 2 N–H and O–H groups in total. The average molecular weight is 247 g/mol. The normalized spacial score (nSPS) is 21.8. The Balaban J connectivity index is 2.17. The molecule has 0 radical (unpaired) electrons. The van der Waals surface area contributed by atoms with Gasteiger partial charge in [-0.1, -0.05) is 13.8 Å². The number of aromatic amines is 1. The van der Waals surface area contributed by atoms with E-state index in [9.17, 15) is 14.7 Å². The highest BCUT2D eigenvalue weighted by Crippen LogP contribution is 2.47. The maximum atomic E-state index is 12.3. The number of Topliss-reactive ketones (excluding diaryl/α,β-unsaturated/α-hetero) is 1. The Morgan fingerprint density at radius 2 is 2.00 bits per heavy atom. The van der Waals surface area contributed by atoms with Crippen LogP contribution in [0.2, 0.25) is 0 Å². The molecular formula is C14H17NO3. The fourth-order valence-electron chi connectivity index (χ4n) is 3.03. The molecule has 0 aliphatic heterocycles. The smallest absolute Gasteiger partial charge is 0.352 e. The molecule has 0 spiro atoms. The van der Waals surface area contributed by atoms with Crippen LogP contribution in [0.1, 0.15) is 71.1 Å². The number of H-pyrrole nitrogens is 1. The van der Waals surface area contributed by atoms with Gasteiger partial charge in [0.25, 0.3) is 0 Å². The Morgan fingerprint density at radius 1 is 1.33 bits per heavy atom. The molecule has 0 atom stereocenters. The highest BCUT2D eigenvalue weighted by molar-refractivity contribution is 6.03. The molecule has 0 aromatic carbocycles. The zero-order chi connectivity index (χ0) is 13.1. The molecule has 4 heteroatoms. The van der Waals surface area contributed by atoms with Gasteiger partial charge in [0.05, 0.1) is 0 Å². The monoisotopic (exact) mass is 247 g/mol. The Bertz CT molecular complexity index is 550. The van der Waals surface area contributed by atoms with Gasteiger partial charge in [-0.05, 0) is 36.2 Å². The van der Waals surface area contributed by atoms with Gasteiger partial charge in [0, 0.05) is 17.7 Å². The molecule has 1 saturated carbocycles. The van der Waals surface area contributed by atoms with Gasteiger partial charge in [0.2, 0.25) is 0 Å². The first-order valence-electron chi connectivity index (χ1n) is 6.40. The quantitative estimate of drug-likeness (QED) is 0.844. The summed E-state index contributed by atoms with van der Waals surface area (Å²) in [6.07, 6.45) is 3.26. The lowest BCUT2D eigenvalue weighted by Gasteiger charge is -2.28. The van der Waals surface area contributed by atoms with E-state index < -0.39 is 5.97 Å². The van der Waals surface area contributed by atoms with E-state index in [1.54, 1.807) is 0 Å². The molecule has 4 nitrogen and oxygen atoms in total. The number of hydrogen-bond donors (Lipinski definition) is 2. The van der Waals surface area contributed by atoms with Crippen molar-refractivity contribution in [2.75, 3.05) is 0 Å². The Kier molecular flexibility index (Phi) is 2.22. The van der Waals surface area contributed by atoms with Crippen LogP contribution in [0.15, 0.2) is 0 Å².